The molecule has 0 bridgehead atoms. The lowest BCUT2D eigenvalue weighted by Gasteiger charge is -2.30. The summed E-state index contributed by atoms with van der Waals surface area (Å²) in [5, 5.41) is 0. The molecule has 98 valence electrons. The minimum absolute atomic E-state index is 0.204. The number of hydrogen-bond donors (Lipinski definition) is 0. The molecule has 2 rings (SSSR count). The third-order valence-electron chi connectivity index (χ3n) is 3.77. The molecule has 0 amide bonds. The summed E-state index contributed by atoms with van der Waals surface area (Å²) in [7, 11) is 2.07. The van der Waals surface area contributed by atoms with E-state index in [2.05, 4.69) is 27.9 Å². The van der Waals surface area contributed by atoms with Crippen LogP contribution in [0.5, 0.6) is 0 Å². The number of carbonyl (C=O) groups excluding carboxylic acids is 1. The quantitative estimate of drug-likeness (QED) is 0.786. The van der Waals surface area contributed by atoms with Crippen molar-refractivity contribution in [3.05, 3.63) is 34.3 Å². The first-order valence-electron chi connectivity index (χ1n) is 6.66. The van der Waals surface area contributed by atoms with Crippen LogP contribution in [0.2, 0.25) is 0 Å². The Labute approximate surface area is 117 Å². The smallest absolute Gasteiger partial charge is 0.177 e. The largest absolute Gasteiger partial charge is 0.296 e. The monoisotopic (exact) mass is 309 g/mol. The molecule has 0 spiro atoms. The average Bonchev–Trinajstić information content (AvgIpc) is 2.40. The van der Waals surface area contributed by atoms with E-state index in [1.54, 1.807) is 0 Å². The molecule has 0 aromatic heterocycles. The van der Waals surface area contributed by atoms with E-state index >= 15 is 0 Å². The number of carbonyl (C=O) groups is 1. The van der Waals surface area contributed by atoms with Crippen LogP contribution in [-0.2, 0) is 0 Å². The molecule has 1 fully saturated rings. The Morgan fingerprint density at radius 2 is 1.94 bits per heavy atom. The summed E-state index contributed by atoms with van der Waals surface area (Å²) in [5.41, 5.74) is 0.792. The second-order valence-electron chi connectivity index (χ2n) is 5.11. The van der Waals surface area contributed by atoms with Crippen molar-refractivity contribution in [2.45, 2.75) is 38.1 Å². The second kappa shape index (κ2) is 6.48. The molecule has 0 radical (unpaired) electrons. The predicted octanol–water partition coefficient (Wildman–Crippen LogP) is 3.90. The van der Waals surface area contributed by atoms with Crippen LogP contribution in [0.25, 0.3) is 0 Å². The molecule has 0 heterocycles. The van der Waals surface area contributed by atoms with Crippen molar-refractivity contribution in [3.63, 3.8) is 0 Å². The van der Waals surface area contributed by atoms with Gasteiger partial charge in [-0.2, -0.15) is 0 Å². The van der Waals surface area contributed by atoms with Gasteiger partial charge in [0.05, 0.1) is 6.54 Å². The highest BCUT2D eigenvalue weighted by atomic mass is 79.9. The number of Topliss-reactive ketones (excluding diaryl/α,β-unsaturated/α-hetero) is 1. The van der Waals surface area contributed by atoms with E-state index in [9.17, 15) is 4.79 Å². The number of halogens is 1. The molecule has 0 saturated heterocycles. The highest BCUT2D eigenvalue weighted by Crippen LogP contribution is 2.22. The Kier molecular flexibility index (Phi) is 4.95. The Bertz CT molecular complexity index is 413. The summed E-state index contributed by atoms with van der Waals surface area (Å²) < 4.78 is 0.895. The van der Waals surface area contributed by atoms with Gasteiger partial charge in [-0.05, 0) is 26.0 Å². The molecule has 0 unspecified atom stereocenters. The maximum atomic E-state index is 12.2. The minimum atomic E-state index is 0.204. The van der Waals surface area contributed by atoms with Gasteiger partial charge in [-0.15, -0.1) is 0 Å². The third-order valence-corrected chi connectivity index (χ3v) is 4.46. The SMILES string of the molecule is CN(CC(=O)c1ccccc1Br)C1CCCCC1. The number of ketones is 1. The lowest BCUT2D eigenvalue weighted by atomic mass is 9.94. The van der Waals surface area contributed by atoms with Crippen molar-refractivity contribution >= 4 is 21.7 Å². The van der Waals surface area contributed by atoms with Crippen LogP contribution in [0.4, 0.5) is 0 Å². The molecule has 2 nitrogen and oxygen atoms in total. The lowest BCUT2D eigenvalue weighted by Crippen LogP contribution is -2.37. The number of likely N-dealkylation sites (N-methyl/N-ethyl adjacent to an activating group) is 1. The van der Waals surface area contributed by atoms with Crippen LogP contribution in [0.15, 0.2) is 28.7 Å². The van der Waals surface area contributed by atoms with E-state index in [1.807, 2.05) is 24.3 Å². The maximum Gasteiger partial charge on any atom is 0.177 e. The standard InChI is InChI=1S/C15H20BrNO/c1-17(12-7-3-2-4-8-12)11-15(18)13-9-5-6-10-14(13)16/h5-6,9-10,12H,2-4,7-8,11H2,1H3. The molecule has 0 atom stereocenters. The van der Waals surface area contributed by atoms with Crippen molar-refractivity contribution in [2.75, 3.05) is 13.6 Å². The Hall–Kier alpha value is -0.670. The van der Waals surface area contributed by atoms with Crippen LogP contribution in [-0.4, -0.2) is 30.3 Å². The first kappa shape index (κ1) is 13.8. The van der Waals surface area contributed by atoms with Crippen LogP contribution in [0, 0.1) is 0 Å². The van der Waals surface area contributed by atoms with E-state index in [-0.39, 0.29) is 5.78 Å². The lowest BCUT2D eigenvalue weighted by molar-refractivity contribution is 0.0899. The van der Waals surface area contributed by atoms with Gasteiger partial charge in [-0.3, -0.25) is 9.69 Å². The van der Waals surface area contributed by atoms with Gasteiger partial charge in [-0.25, -0.2) is 0 Å². The first-order chi connectivity index (χ1) is 8.68. The Balaban J connectivity index is 1.96. The fourth-order valence-electron chi connectivity index (χ4n) is 2.65. The summed E-state index contributed by atoms with van der Waals surface area (Å²) in [6.45, 7) is 0.521. The van der Waals surface area contributed by atoms with Crippen molar-refractivity contribution < 1.29 is 4.79 Å². The fourth-order valence-corrected chi connectivity index (χ4v) is 3.16. The van der Waals surface area contributed by atoms with Gasteiger partial charge in [0.25, 0.3) is 0 Å². The molecule has 1 aliphatic carbocycles. The molecule has 0 aliphatic heterocycles. The summed E-state index contributed by atoms with van der Waals surface area (Å²) in [6.07, 6.45) is 6.43. The van der Waals surface area contributed by atoms with Crippen molar-refractivity contribution in [2.24, 2.45) is 0 Å². The zero-order valence-corrected chi connectivity index (χ0v) is 12.4. The van der Waals surface area contributed by atoms with E-state index < -0.39 is 0 Å². The zero-order valence-electron chi connectivity index (χ0n) is 10.9. The van der Waals surface area contributed by atoms with Gasteiger partial charge in [0.1, 0.15) is 0 Å². The van der Waals surface area contributed by atoms with Crippen LogP contribution < -0.4 is 0 Å². The van der Waals surface area contributed by atoms with Gasteiger partial charge < -0.3 is 0 Å². The van der Waals surface area contributed by atoms with Crippen molar-refractivity contribution in [1.82, 2.24) is 4.90 Å². The van der Waals surface area contributed by atoms with E-state index in [0.717, 1.165) is 10.0 Å². The van der Waals surface area contributed by atoms with E-state index in [0.29, 0.717) is 12.6 Å². The summed E-state index contributed by atoms with van der Waals surface area (Å²) in [6, 6.07) is 8.25. The number of hydrogen-bond acceptors (Lipinski definition) is 2. The molecule has 3 heteroatoms. The molecule has 1 aliphatic rings. The predicted molar refractivity (Wildman–Crippen MR) is 78.0 cm³/mol. The van der Waals surface area contributed by atoms with Gasteiger partial charge in [0.15, 0.2) is 5.78 Å². The molecule has 18 heavy (non-hydrogen) atoms. The number of benzene rings is 1. The normalized spacial score (nSPS) is 17.1. The summed E-state index contributed by atoms with van der Waals surface area (Å²) in [4.78, 5) is 14.5. The maximum absolute atomic E-state index is 12.2. The first-order valence-corrected chi connectivity index (χ1v) is 7.46. The second-order valence-corrected chi connectivity index (χ2v) is 5.96. The number of nitrogens with zero attached hydrogens (tertiary/aromatic N) is 1. The molecular formula is C15H20BrNO. The molecule has 1 aromatic rings. The number of rotatable bonds is 4. The van der Waals surface area contributed by atoms with Gasteiger partial charge >= 0.3 is 0 Å². The topological polar surface area (TPSA) is 20.3 Å². The molecule has 1 saturated carbocycles. The van der Waals surface area contributed by atoms with Crippen molar-refractivity contribution in [3.8, 4) is 0 Å². The minimum Gasteiger partial charge on any atom is -0.296 e. The zero-order chi connectivity index (χ0) is 13.0. The Morgan fingerprint density at radius 3 is 2.61 bits per heavy atom. The van der Waals surface area contributed by atoms with E-state index in [1.165, 1.54) is 32.1 Å². The van der Waals surface area contributed by atoms with Gasteiger partial charge in [-0.1, -0.05) is 53.4 Å². The Morgan fingerprint density at radius 1 is 1.28 bits per heavy atom. The third kappa shape index (κ3) is 3.42. The molecular weight excluding hydrogens is 290 g/mol. The summed E-state index contributed by atoms with van der Waals surface area (Å²) in [5.74, 6) is 0.204. The van der Waals surface area contributed by atoms with Crippen LogP contribution in [0.1, 0.15) is 42.5 Å². The highest BCUT2D eigenvalue weighted by Gasteiger charge is 2.20. The van der Waals surface area contributed by atoms with Gasteiger partial charge in [0, 0.05) is 16.1 Å². The van der Waals surface area contributed by atoms with Crippen LogP contribution in [0.3, 0.4) is 0 Å². The van der Waals surface area contributed by atoms with Gasteiger partial charge in [0.2, 0.25) is 0 Å². The average molecular weight is 310 g/mol. The van der Waals surface area contributed by atoms with Crippen LogP contribution >= 0.6 is 15.9 Å². The fraction of sp³-hybridized carbons (Fsp3) is 0.533. The van der Waals surface area contributed by atoms with Crippen molar-refractivity contribution in [1.29, 1.82) is 0 Å². The highest BCUT2D eigenvalue weighted by molar-refractivity contribution is 9.10. The van der Waals surface area contributed by atoms with E-state index in [4.69, 9.17) is 0 Å². The summed E-state index contributed by atoms with van der Waals surface area (Å²) >= 11 is 3.44. The molecule has 0 N–H and O–H groups in total. The molecule has 1 aromatic carbocycles.